The second kappa shape index (κ2) is 7.35. The zero-order valence-corrected chi connectivity index (χ0v) is 20.0. The summed E-state index contributed by atoms with van der Waals surface area (Å²) in [4.78, 5) is 15.4. The lowest BCUT2D eigenvalue weighted by atomic mass is 9.76. The van der Waals surface area contributed by atoms with Crippen LogP contribution in [-0.4, -0.2) is 19.1 Å². The van der Waals surface area contributed by atoms with E-state index in [4.69, 9.17) is 9.47 Å². The van der Waals surface area contributed by atoms with Crippen LogP contribution in [0.4, 0.5) is 5.69 Å². The van der Waals surface area contributed by atoms with Gasteiger partial charge in [-0.3, -0.25) is 0 Å². The van der Waals surface area contributed by atoms with Gasteiger partial charge in [-0.2, -0.15) is 0 Å². The summed E-state index contributed by atoms with van der Waals surface area (Å²) in [6.45, 7) is 6.07. The Balaban J connectivity index is 1.72. The van der Waals surface area contributed by atoms with E-state index in [2.05, 4.69) is 71.1 Å². The number of nitrogens with zero attached hydrogens (tertiary/aromatic N) is 1. The molecular weight excluding hydrogens is 478 g/mol. The first-order valence-electron chi connectivity index (χ1n) is 11.2. The molecular formula is C28H22BrNO3. The Morgan fingerprint density at radius 3 is 2.48 bits per heavy atom. The SMILES string of the molecule is CCN(CC)c1ccc2c(c1)Oc1ccc3ccc(Br)cc3c1C21OC(=O)c2ccccc21. The molecule has 0 bridgehead atoms. The lowest BCUT2D eigenvalue weighted by molar-refractivity contribution is 0.0229. The van der Waals surface area contributed by atoms with E-state index in [1.807, 2.05) is 36.4 Å². The quantitative estimate of drug-likeness (QED) is 0.284. The normalized spacial score (nSPS) is 17.8. The predicted molar refractivity (Wildman–Crippen MR) is 133 cm³/mol. The number of fused-ring (bicyclic) bond motifs is 8. The minimum atomic E-state index is -1.07. The van der Waals surface area contributed by atoms with E-state index in [1.54, 1.807) is 0 Å². The minimum absolute atomic E-state index is 0.316. The zero-order valence-electron chi connectivity index (χ0n) is 18.4. The van der Waals surface area contributed by atoms with Crippen molar-refractivity contribution in [3.8, 4) is 11.5 Å². The van der Waals surface area contributed by atoms with Crippen molar-refractivity contribution in [2.24, 2.45) is 0 Å². The molecule has 0 saturated heterocycles. The Morgan fingerprint density at radius 1 is 0.879 bits per heavy atom. The van der Waals surface area contributed by atoms with Gasteiger partial charge in [0, 0.05) is 40.4 Å². The number of benzene rings is 4. The van der Waals surface area contributed by atoms with Gasteiger partial charge in [0.05, 0.1) is 11.1 Å². The number of hydrogen-bond acceptors (Lipinski definition) is 4. The summed E-state index contributed by atoms with van der Waals surface area (Å²) in [5, 5.41) is 2.05. The third kappa shape index (κ3) is 2.78. The maximum absolute atomic E-state index is 13.1. The Hall–Kier alpha value is -3.31. The number of esters is 1. The summed E-state index contributed by atoms with van der Waals surface area (Å²) in [6.07, 6.45) is 0. The topological polar surface area (TPSA) is 38.8 Å². The van der Waals surface area contributed by atoms with Gasteiger partial charge >= 0.3 is 5.97 Å². The smallest absolute Gasteiger partial charge is 0.340 e. The number of hydrogen-bond donors (Lipinski definition) is 0. The second-order valence-corrected chi connectivity index (χ2v) is 9.29. The number of ether oxygens (including phenoxy) is 2. The molecule has 1 unspecified atom stereocenters. The van der Waals surface area contributed by atoms with E-state index < -0.39 is 5.60 Å². The summed E-state index contributed by atoms with van der Waals surface area (Å²) in [5.74, 6) is 1.10. The van der Waals surface area contributed by atoms with Crippen LogP contribution in [0.3, 0.4) is 0 Å². The van der Waals surface area contributed by atoms with E-state index in [0.717, 1.165) is 50.7 Å². The first kappa shape index (κ1) is 20.3. The van der Waals surface area contributed by atoms with Crippen LogP contribution in [0.25, 0.3) is 10.8 Å². The molecule has 1 spiro atoms. The number of rotatable bonds is 3. The largest absolute Gasteiger partial charge is 0.456 e. The highest BCUT2D eigenvalue weighted by atomic mass is 79.9. The molecule has 164 valence electrons. The molecule has 4 nitrogen and oxygen atoms in total. The molecule has 0 fully saturated rings. The molecule has 0 radical (unpaired) electrons. The first-order valence-corrected chi connectivity index (χ1v) is 12.0. The van der Waals surface area contributed by atoms with Crippen LogP contribution in [0.1, 0.15) is 40.9 Å². The molecule has 1 atom stereocenters. The average Bonchev–Trinajstić information content (AvgIpc) is 3.12. The molecule has 33 heavy (non-hydrogen) atoms. The van der Waals surface area contributed by atoms with Crippen molar-refractivity contribution in [2.45, 2.75) is 19.4 Å². The van der Waals surface area contributed by atoms with Crippen LogP contribution in [0.15, 0.2) is 77.3 Å². The number of anilines is 1. The van der Waals surface area contributed by atoms with Gasteiger partial charge in [-0.1, -0.05) is 46.3 Å². The Bertz CT molecular complexity index is 1440. The fraction of sp³-hybridized carbons (Fsp3) is 0.179. The van der Waals surface area contributed by atoms with Crippen LogP contribution >= 0.6 is 15.9 Å². The number of carbonyl (C=O) groups is 1. The van der Waals surface area contributed by atoms with E-state index >= 15 is 0 Å². The lowest BCUT2D eigenvalue weighted by Gasteiger charge is -2.38. The van der Waals surface area contributed by atoms with Gasteiger partial charge in [-0.25, -0.2) is 4.79 Å². The molecule has 4 aromatic rings. The maximum Gasteiger partial charge on any atom is 0.340 e. The Kier molecular flexibility index (Phi) is 4.53. The maximum atomic E-state index is 13.1. The summed E-state index contributed by atoms with van der Waals surface area (Å²) in [6, 6.07) is 24.1. The number of carbonyl (C=O) groups excluding carboxylic acids is 1. The molecule has 6 rings (SSSR count). The predicted octanol–water partition coefficient (Wildman–Crippen LogP) is 7.02. The zero-order chi connectivity index (χ0) is 22.7. The van der Waals surface area contributed by atoms with E-state index in [-0.39, 0.29) is 5.97 Å². The molecule has 2 heterocycles. The highest BCUT2D eigenvalue weighted by Gasteiger charge is 2.54. The molecule has 0 N–H and O–H groups in total. The van der Waals surface area contributed by atoms with Crippen LogP contribution < -0.4 is 9.64 Å². The highest BCUT2D eigenvalue weighted by molar-refractivity contribution is 9.10. The van der Waals surface area contributed by atoms with Gasteiger partial charge < -0.3 is 14.4 Å². The Morgan fingerprint density at radius 2 is 1.67 bits per heavy atom. The molecule has 2 aliphatic rings. The van der Waals surface area contributed by atoms with Gasteiger partial charge in [0.2, 0.25) is 0 Å². The average molecular weight is 500 g/mol. The van der Waals surface area contributed by atoms with Crippen molar-refractivity contribution in [3.05, 3.63) is 99.5 Å². The highest BCUT2D eigenvalue weighted by Crippen LogP contribution is 2.58. The summed E-state index contributed by atoms with van der Waals surface area (Å²) in [7, 11) is 0. The summed E-state index contributed by atoms with van der Waals surface area (Å²) < 4.78 is 13.8. The first-order chi connectivity index (χ1) is 16.1. The van der Waals surface area contributed by atoms with Gasteiger partial charge in [0.25, 0.3) is 0 Å². The van der Waals surface area contributed by atoms with E-state index in [0.29, 0.717) is 17.1 Å². The van der Waals surface area contributed by atoms with E-state index in [9.17, 15) is 4.79 Å². The summed E-state index contributed by atoms with van der Waals surface area (Å²) >= 11 is 3.62. The van der Waals surface area contributed by atoms with Gasteiger partial charge in [-0.15, -0.1) is 0 Å². The van der Waals surface area contributed by atoms with Crippen molar-refractivity contribution in [2.75, 3.05) is 18.0 Å². The van der Waals surface area contributed by atoms with Crippen LogP contribution in [-0.2, 0) is 10.3 Å². The van der Waals surface area contributed by atoms with Crippen molar-refractivity contribution in [1.82, 2.24) is 0 Å². The van der Waals surface area contributed by atoms with Gasteiger partial charge in [0.15, 0.2) is 5.60 Å². The number of halogens is 1. The van der Waals surface area contributed by atoms with Gasteiger partial charge in [0.1, 0.15) is 11.5 Å². The Labute approximate surface area is 200 Å². The third-order valence-corrected chi connectivity index (χ3v) is 7.26. The van der Waals surface area contributed by atoms with E-state index in [1.165, 1.54) is 0 Å². The molecule has 5 heteroatoms. The van der Waals surface area contributed by atoms with Crippen molar-refractivity contribution in [3.63, 3.8) is 0 Å². The standard InChI is InChI=1S/C28H22BrNO3/c1-3-30(4-2)19-12-13-23-25(16-19)32-24-14-10-17-9-11-18(29)15-21(17)26(24)28(23)22-8-6-5-7-20(22)27(31)33-28/h5-16H,3-4H2,1-2H3. The van der Waals surface area contributed by atoms with Crippen LogP contribution in [0, 0.1) is 0 Å². The molecule has 2 aliphatic heterocycles. The monoisotopic (exact) mass is 499 g/mol. The molecule has 0 amide bonds. The molecule has 4 aromatic carbocycles. The van der Waals surface area contributed by atoms with Crippen molar-refractivity contribution >= 4 is 38.4 Å². The second-order valence-electron chi connectivity index (χ2n) is 8.38. The molecule has 0 saturated carbocycles. The van der Waals surface area contributed by atoms with Crippen LogP contribution in [0.5, 0.6) is 11.5 Å². The fourth-order valence-electron chi connectivity index (χ4n) is 5.25. The summed E-state index contributed by atoms with van der Waals surface area (Å²) in [5.41, 5.74) is 3.16. The van der Waals surface area contributed by atoms with Crippen molar-refractivity contribution < 1.29 is 14.3 Å². The van der Waals surface area contributed by atoms with Gasteiger partial charge in [-0.05, 0) is 61.0 Å². The van der Waals surface area contributed by atoms with Crippen LogP contribution in [0.2, 0.25) is 0 Å². The molecule has 0 aromatic heterocycles. The van der Waals surface area contributed by atoms with Crippen molar-refractivity contribution in [1.29, 1.82) is 0 Å². The lowest BCUT2D eigenvalue weighted by Crippen LogP contribution is -2.33. The third-order valence-electron chi connectivity index (χ3n) is 6.76. The fourth-order valence-corrected chi connectivity index (χ4v) is 5.61. The molecule has 0 aliphatic carbocycles. The minimum Gasteiger partial charge on any atom is -0.456 e.